The maximum absolute atomic E-state index is 12.4. The molecule has 0 atom stereocenters. The van der Waals surface area contributed by atoms with Crippen LogP contribution in [0.1, 0.15) is 30.5 Å². The van der Waals surface area contributed by atoms with Gasteiger partial charge in [-0.3, -0.25) is 0 Å². The molecule has 0 saturated carbocycles. The predicted octanol–water partition coefficient (Wildman–Crippen LogP) is 3.31. The van der Waals surface area contributed by atoms with Gasteiger partial charge in [0, 0.05) is 26.2 Å². The molecule has 130 valence electrons. The lowest BCUT2D eigenvalue weighted by molar-refractivity contribution is 0.410. The first-order valence-corrected chi connectivity index (χ1v) is 9.58. The lowest BCUT2D eigenvalue weighted by Gasteiger charge is -2.21. The Bertz CT molecular complexity index is 768. The van der Waals surface area contributed by atoms with E-state index in [0.717, 1.165) is 12.1 Å². The summed E-state index contributed by atoms with van der Waals surface area (Å²) in [6, 6.07) is 15.4. The zero-order valence-electron chi connectivity index (χ0n) is 14.8. The molecule has 2 aromatic carbocycles. The van der Waals surface area contributed by atoms with E-state index in [9.17, 15) is 8.42 Å². The summed E-state index contributed by atoms with van der Waals surface area (Å²) in [5.41, 5.74) is 3.56. The molecule has 0 saturated heterocycles. The van der Waals surface area contributed by atoms with Crippen molar-refractivity contribution >= 4 is 10.0 Å². The van der Waals surface area contributed by atoms with Gasteiger partial charge in [0.25, 0.3) is 0 Å². The van der Waals surface area contributed by atoms with E-state index in [2.05, 4.69) is 36.5 Å². The summed E-state index contributed by atoms with van der Waals surface area (Å²) in [5.74, 6) is 0. The molecule has 0 amide bonds. The van der Waals surface area contributed by atoms with Crippen LogP contribution < -0.4 is 5.32 Å². The van der Waals surface area contributed by atoms with E-state index in [0.29, 0.717) is 11.4 Å². The Labute approximate surface area is 145 Å². The van der Waals surface area contributed by atoms with Crippen molar-refractivity contribution in [1.29, 1.82) is 0 Å². The van der Waals surface area contributed by atoms with Gasteiger partial charge in [0.15, 0.2) is 0 Å². The lowest BCUT2D eigenvalue weighted by atomic mass is 10.1. The highest BCUT2D eigenvalue weighted by Gasteiger charge is 2.22. The molecule has 2 aromatic rings. The van der Waals surface area contributed by atoms with Gasteiger partial charge < -0.3 is 5.32 Å². The van der Waals surface area contributed by atoms with Gasteiger partial charge in [0.1, 0.15) is 0 Å². The number of hydrogen-bond acceptors (Lipinski definition) is 3. The molecule has 0 spiro atoms. The van der Waals surface area contributed by atoms with Crippen molar-refractivity contribution in [2.24, 2.45) is 0 Å². The zero-order valence-corrected chi connectivity index (χ0v) is 15.6. The zero-order chi connectivity index (χ0) is 17.7. The van der Waals surface area contributed by atoms with E-state index in [4.69, 9.17) is 0 Å². The van der Waals surface area contributed by atoms with Gasteiger partial charge in [0.2, 0.25) is 10.0 Å². The van der Waals surface area contributed by atoms with Crippen LogP contribution in [0.2, 0.25) is 0 Å². The summed E-state index contributed by atoms with van der Waals surface area (Å²) >= 11 is 0. The van der Waals surface area contributed by atoms with Crippen molar-refractivity contribution in [3.63, 3.8) is 0 Å². The number of rotatable bonds is 7. The Hall–Kier alpha value is -1.69. The van der Waals surface area contributed by atoms with Gasteiger partial charge in [-0.15, -0.1) is 0 Å². The highest BCUT2D eigenvalue weighted by molar-refractivity contribution is 7.89. The molecule has 24 heavy (non-hydrogen) atoms. The summed E-state index contributed by atoms with van der Waals surface area (Å²) in [5, 5.41) is 3.38. The Morgan fingerprint density at radius 3 is 2.21 bits per heavy atom. The second-order valence-corrected chi connectivity index (χ2v) is 8.35. The molecule has 1 N–H and O–H groups in total. The van der Waals surface area contributed by atoms with Crippen LogP contribution in [-0.4, -0.2) is 25.8 Å². The van der Waals surface area contributed by atoms with E-state index in [1.54, 1.807) is 19.2 Å². The van der Waals surface area contributed by atoms with Crippen molar-refractivity contribution in [2.75, 3.05) is 7.05 Å². The quantitative estimate of drug-likeness (QED) is 0.837. The van der Waals surface area contributed by atoms with E-state index in [-0.39, 0.29) is 6.04 Å². The molecule has 0 fully saturated rings. The molecule has 0 aliphatic rings. The van der Waals surface area contributed by atoms with Crippen LogP contribution in [0.15, 0.2) is 53.4 Å². The maximum atomic E-state index is 12.4. The average Bonchev–Trinajstić information content (AvgIpc) is 2.54. The standard InChI is InChI=1S/C19H26N2O2S/c1-15(2)21(4)24(22,23)19-10-8-17(9-11-19)13-20-14-18-7-5-6-16(3)12-18/h5-12,15,20H,13-14H2,1-4H3. The minimum absolute atomic E-state index is 0.0642. The van der Waals surface area contributed by atoms with Crippen molar-refractivity contribution < 1.29 is 8.42 Å². The molecule has 0 radical (unpaired) electrons. The SMILES string of the molecule is Cc1cccc(CNCc2ccc(S(=O)(=O)N(C)C(C)C)cc2)c1. The van der Waals surface area contributed by atoms with Crippen molar-refractivity contribution in [3.8, 4) is 0 Å². The minimum Gasteiger partial charge on any atom is -0.309 e. The van der Waals surface area contributed by atoms with E-state index in [1.165, 1.54) is 15.4 Å². The van der Waals surface area contributed by atoms with E-state index < -0.39 is 10.0 Å². The van der Waals surface area contributed by atoms with Crippen LogP contribution in [-0.2, 0) is 23.1 Å². The minimum atomic E-state index is -3.41. The van der Waals surface area contributed by atoms with Crippen LogP contribution in [0.5, 0.6) is 0 Å². The Kier molecular flexibility index (Phi) is 6.15. The number of hydrogen-bond donors (Lipinski definition) is 1. The van der Waals surface area contributed by atoms with Crippen molar-refractivity contribution in [2.45, 2.75) is 44.8 Å². The van der Waals surface area contributed by atoms with Crippen molar-refractivity contribution in [3.05, 3.63) is 65.2 Å². The van der Waals surface area contributed by atoms with Gasteiger partial charge in [-0.25, -0.2) is 8.42 Å². The number of aryl methyl sites for hydroxylation is 1. The van der Waals surface area contributed by atoms with E-state index >= 15 is 0 Å². The smallest absolute Gasteiger partial charge is 0.243 e. The molecule has 0 bridgehead atoms. The summed E-state index contributed by atoms with van der Waals surface area (Å²) < 4.78 is 26.2. The Balaban J connectivity index is 1.97. The summed E-state index contributed by atoms with van der Waals surface area (Å²) in [7, 11) is -1.80. The lowest BCUT2D eigenvalue weighted by Crippen LogP contribution is -2.33. The van der Waals surface area contributed by atoms with Crippen molar-refractivity contribution in [1.82, 2.24) is 9.62 Å². The second-order valence-electron chi connectivity index (χ2n) is 6.35. The number of sulfonamides is 1. The average molecular weight is 346 g/mol. The molecule has 0 aliphatic carbocycles. The number of nitrogens with one attached hydrogen (secondary N) is 1. The molecule has 0 unspecified atom stereocenters. The predicted molar refractivity (Wildman–Crippen MR) is 98.2 cm³/mol. The summed E-state index contributed by atoms with van der Waals surface area (Å²) in [4.78, 5) is 0.334. The third kappa shape index (κ3) is 4.66. The third-order valence-corrected chi connectivity index (χ3v) is 6.12. The fourth-order valence-corrected chi connectivity index (χ4v) is 3.76. The maximum Gasteiger partial charge on any atom is 0.243 e. The molecule has 0 aliphatic heterocycles. The van der Waals surface area contributed by atoms with Gasteiger partial charge in [0.05, 0.1) is 4.90 Å². The van der Waals surface area contributed by atoms with Crippen LogP contribution in [0, 0.1) is 6.92 Å². The van der Waals surface area contributed by atoms with Gasteiger partial charge in [-0.05, 0) is 44.0 Å². The molecular weight excluding hydrogens is 320 g/mol. The monoisotopic (exact) mass is 346 g/mol. The molecular formula is C19H26N2O2S. The van der Waals surface area contributed by atoms with Gasteiger partial charge in [-0.1, -0.05) is 42.0 Å². The largest absolute Gasteiger partial charge is 0.309 e. The fraction of sp³-hybridized carbons (Fsp3) is 0.368. The highest BCUT2D eigenvalue weighted by Crippen LogP contribution is 2.17. The first-order valence-electron chi connectivity index (χ1n) is 8.14. The van der Waals surface area contributed by atoms with Crippen LogP contribution in [0.4, 0.5) is 0 Å². The second kappa shape index (κ2) is 7.92. The van der Waals surface area contributed by atoms with Gasteiger partial charge in [-0.2, -0.15) is 4.31 Å². The normalized spacial score (nSPS) is 12.1. The summed E-state index contributed by atoms with van der Waals surface area (Å²) in [6.07, 6.45) is 0. The topological polar surface area (TPSA) is 49.4 Å². The number of nitrogens with zero attached hydrogens (tertiary/aromatic N) is 1. The fourth-order valence-electron chi connectivity index (χ4n) is 2.40. The molecule has 5 heteroatoms. The third-order valence-electron chi connectivity index (χ3n) is 4.07. The molecule has 4 nitrogen and oxygen atoms in total. The molecule has 0 heterocycles. The number of benzene rings is 2. The van der Waals surface area contributed by atoms with Crippen LogP contribution in [0.25, 0.3) is 0 Å². The first kappa shape index (κ1) is 18.6. The van der Waals surface area contributed by atoms with Crippen LogP contribution in [0.3, 0.4) is 0 Å². The van der Waals surface area contributed by atoms with Crippen LogP contribution >= 0.6 is 0 Å². The Morgan fingerprint density at radius 1 is 1.00 bits per heavy atom. The molecule has 2 rings (SSSR count). The summed E-state index contributed by atoms with van der Waals surface area (Å²) in [6.45, 7) is 7.30. The molecule has 0 aromatic heterocycles. The first-order chi connectivity index (χ1) is 11.3. The Morgan fingerprint density at radius 2 is 1.62 bits per heavy atom. The van der Waals surface area contributed by atoms with Gasteiger partial charge >= 0.3 is 0 Å². The highest BCUT2D eigenvalue weighted by atomic mass is 32.2. The van der Waals surface area contributed by atoms with E-state index in [1.807, 2.05) is 26.0 Å².